The summed E-state index contributed by atoms with van der Waals surface area (Å²) in [5, 5.41) is 5.05. The highest BCUT2D eigenvalue weighted by molar-refractivity contribution is 6.41. The minimum Gasteiger partial charge on any atom is -0.348 e. The molecule has 17 heavy (non-hydrogen) atoms. The van der Waals surface area contributed by atoms with Crippen LogP contribution in [0.25, 0.3) is 0 Å². The average molecular weight is 256 g/mol. The molecule has 0 aliphatic carbocycles. The lowest BCUT2D eigenvalue weighted by Crippen LogP contribution is -2.37. The number of hydrogen-bond acceptors (Lipinski definition) is 3. The van der Waals surface area contributed by atoms with Crippen molar-refractivity contribution in [3.8, 4) is 0 Å². The summed E-state index contributed by atoms with van der Waals surface area (Å²) in [6, 6.07) is 3.19. The fraction of sp³-hybridized carbons (Fsp3) is 0.364. The van der Waals surface area contributed by atoms with Crippen LogP contribution in [-0.2, 0) is 9.59 Å². The Balaban J connectivity index is 2.55. The summed E-state index contributed by atoms with van der Waals surface area (Å²) in [7, 11) is 0. The third-order valence-electron chi connectivity index (χ3n) is 1.88. The first-order valence-electron chi connectivity index (χ1n) is 5.20. The first-order valence-corrected chi connectivity index (χ1v) is 5.58. The van der Waals surface area contributed by atoms with Crippen molar-refractivity contribution in [3.05, 3.63) is 23.5 Å². The van der Waals surface area contributed by atoms with Crippen molar-refractivity contribution >= 4 is 29.1 Å². The van der Waals surface area contributed by atoms with Gasteiger partial charge >= 0.3 is 11.8 Å². The number of amides is 2. The topological polar surface area (TPSA) is 71.1 Å². The molecule has 0 atom stereocenters. The third-order valence-corrected chi connectivity index (χ3v) is 2.19. The average Bonchev–Trinajstić information content (AvgIpc) is 2.28. The van der Waals surface area contributed by atoms with Crippen LogP contribution in [0.5, 0.6) is 0 Å². The standard InChI is InChI=1S/C11H14ClN3O2/c1-7(2)6-14-10(16)11(17)15-8-4-3-5-13-9(8)12/h3-5,7H,6H2,1-2H3,(H,14,16)(H,15,17). The quantitative estimate of drug-likeness (QED) is 0.634. The molecule has 92 valence electrons. The van der Waals surface area contributed by atoms with Crippen LogP contribution in [0.3, 0.4) is 0 Å². The van der Waals surface area contributed by atoms with E-state index in [-0.39, 0.29) is 11.1 Å². The van der Waals surface area contributed by atoms with Gasteiger partial charge in [0.05, 0.1) is 5.69 Å². The van der Waals surface area contributed by atoms with E-state index in [2.05, 4.69) is 15.6 Å². The van der Waals surface area contributed by atoms with Gasteiger partial charge in [0.2, 0.25) is 0 Å². The molecular formula is C11H14ClN3O2. The van der Waals surface area contributed by atoms with Gasteiger partial charge in [-0.3, -0.25) is 9.59 Å². The fourth-order valence-electron chi connectivity index (χ4n) is 1.04. The summed E-state index contributed by atoms with van der Waals surface area (Å²) in [6.45, 7) is 4.33. The van der Waals surface area contributed by atoms with Gasteiger partial charge in [-0.05, 0) is 18.1 Å². The number of hydrogen-bond donors (Lipinski definition) is 2. The molecule has 2 amide bonds. The molecule has 5 nitrogen and oxygen atoms in total. The molecule has 0 aliphatic rings. The van der Waals surface area contributed by atoms with Crippen LogP contribution in [0.15, 0.2) is 18.3 Å². The molecule has 1 aromatic rings. The Morgan fingerprint density at radius 2 is 2.12 bits per heavy atom. The van der Waals surface area contributed by atoms with Crippen molar-refractivity contribution in [2.45, 2.75) is 13.8 Å². The number of anilines is 1. The van der Waals surface area contributed by atoms with Crippen molar-refractivity contribution in [1.29, 1.82) is 0 Å². The number of carbonyl (C=O) groups excluding carboxylic acids is 2. The van der Waals surface area contributed by atoms with Gasteiger partial charge in [-0.2, -0.15) is 0 Å². The Labute approximate surface area is 105 Å². The largest absolute Gasteiger partial charge is 0.348 e. The first kappa shape index (κ1) is 13.4. The molecule has 0 spiro atoms. The second-order valence-corrected chi connectivity index (χ2v) is 4.26. The minimum atomic E-state index is -0.749. The summed E-state index contributed by atoms with van der Waals surface area (Å²) in [5.74, 6) is -1.15. The molecule has 0 aliphatic heterocycles. The van der Waals surface area contributed by atoms with Gasteiger partial charge in [0.1, 0.15) is 0 Å². The van der Waals surface area contributed by atoms with Gasteiger partial charge in [-0.25, -0.2) is 4.98 Å². The summed E-state index contributed by atoms with van der Waals surface area (Å²) in [5.41, 5.74) is 0.318. The van der Waals surface area contributed by atoms with E-state index in [1.54, 1.807) is 12.1 Å². The molecule has 0 bridgehead atoms. The van der Waals surface area contributed by atoms with E-state index in [0.717, 1.165) is 0 Å². The molecule has 0 saturated heterocycles. The van der Waals surface area contributed by atoms with Crippen molar-refractivity contribution in [2.75, 3.05) is 11.9 Å². The molecule has 1 aromatic heterocycles. The molecule has 0 fully saturated rings. The first-order chi connectivity index (χ1) is 8.00. The van der Waals surface area contributed by atoms with E-state index in [4.69, 9.17) is 11.6 Å². The zero-order valence-corrected chi connectivity index (χ0v) is 10.4. The van der Waals surface area contributed by atoms with E-state index in [1.165, 1.54) is 6.20 Å². The lowest BCUT2D eigenvalue weighted by molar-refractivity contribution is -0.136. The van der Waals surface area contributed by atoms with Crippen LogP contribution < -0.4 is 10.6 Å². The monoisotopic (exact) mass is 255 g/mol. The van der Waals surface area contributed by atoms with Gasteiger partial charge < -0.3 is 10.6 Å². The lowest BCUT2D eigenvalue weighted by Gasteiger charge is -2.08. The summed E-state index contributed by atoms with van der Waals surface area (Å²) < 4.78 is 0. The Hall–Kier alpha value is -1.62. The molecular weight excluding hydrogens is 242 g/mol. The Bertz CT molecular complexity index is 421. The number of nitrogens with one attached hydrogen (secondary N) is 2. The Morgan fingerprint density at radius 1 is 1.41 bits per heavy atom. The van der Waals surface area contributed by atoms with Crippen LogP contribution in [0, 0.1) is 5.92 Å². The van der Waals surface area contributed by atoms with E-state index in [9.17, 15) is 9.59 Å². The highest BCUT2D eigenvalue weighted by Crippen LogP contribution is 2.16. The Morgan fingerprint density at radius 3 is 2.71 bits per heavy atom. The van der Waals surface area contributed by atoms with Crippen molar-refractivity contribution < 1.29 is 9.59 Å². The molecule has 2 N–H and O–H groups in total. The molecule has 6 heteroatoms. The maximum absolute atomic E-state index is 11.5. The van der Waals surface area contributed by atoms with E-state index >= 15 is 0 Å². The number of rotatable bonds is 3. The van der Waals surface area contributed by atoms with E-state index in [0.29, 0.717) is 12.2 Å². The maximum Gasteiger partial charge on any atom is 0.313 e. The maximum atomic E-state index is 11.5. The van der Waals surface area contributed by atoms with Gasteiger partial charge in [-0.15, -0.1) is 0 Å². The predicted molar refractivity (Wildman–Crippen MR) is 65.7 cm³/mol. The fourth-order valence-corrected chi connectivity index (χ4v) is 1.20. The molecule has 1 rings (SSSR count). The van der Waals surface area contributed by atoms with Crippen molar-refractivity contribution in [1.82, 2.24) is 10.3 Å². The lowest BCUT2D eigenvalue weighted by atomic mass is 10.2. The van der Waals surface area contributed by atoms with Gasteiger partial charge in [0, 0.05) is 12.7 Å². The summed E-state index contributed by atoms with van der Waals surface area (Å²) in [4.78, 5) is 26.6. The minimum absolute atomic E-state index is 0.150. The van der Waals surface area contributed by atoms with Crippen molar-refractivity contribution in [3.63, 3.8) is 0 Å². The van der Waals surface area contributed by atoms with Gasteiger partial charge in [0.15, 0.2) is 5.15 Å². The van der Waals surface area contributed by atoms with Crippen LogP contribution in [0.4, 0.5) is 5.69 Å². The SMILES string of the molecule is CC(C)CNC(=O)C(=O)Nc1cccnc1Cl. The molecule has 0 radical (unpaired) electrons. The highest BCUT2D eigenvalue weighted by atomic mass is 35.5. The molecule has 0 saturated carbocycles. The predicted octanol–water partition coefficient (Wildman–Crippen LogP) is 1.45. The van der Waals surface area contributed by atoms with Crippen LogP contribution in [-0.4, -0.2) is 23.3 Å². The number of aromatic nitrogens is 1. The highest BCUT2D eigenvalue weighted by Gasteiger charge is 2.14. The Kier molecular flexibility index (Phi) is 4.90. The normalized spacial score (nSPS) is 10.1. The van der Waals surface area contributed by atoms with Crippen molar-refractivity contribution in [2.24, 2.45) is 5.92 Å². The molecule has 1 heterocycles. The van der Waals surface area contributed by atoms with E-state index < -0.39 is 11.8 Å². The summed E-state index contributed by atoms with van der Waals surface area (Å²) in [6.07, 6.45) is 1.50. The second kappa shape index (κ2) is 6.20. The van der Waals surface area contributed by atoms with Crippen LogP contribution >= 0.6 is 11.6 Å². The van der Waals surface area contributed by atoms with Crippen LogP contribution in [0.2, 0.25) is 5.15 Å². The third kappa shape index (κ3) is 4.40. The van der Waals surface area contributed by atoms with Gasteiger partial charge in [-0.1, -0.05) is 25.4 Å². The van der Waals surface area contributed by atoms with Crippen LogP contribution in [0.1, 0.15) is 13.8 Å². The molecule has 0 aromatic carbocycles. The summed E-state index contributed by atoms with van der Waals surface area (Å²) >= 11 is 5.74. The molecule has 0 unspecified atom stereocenters. The van der Waals surface area contributed by atoms with E-state index in [1.807, 2.05) is 13.8 Å². The van der Waals surface area contributed by atoms with Gasteiger partial charge in [0.25, 0.3) is 0 Å². The zero-order valence-electron chi connectivity index (χ0n) is 9.66. The number of halogens is 1. The number of carbonyl (C=O) groups is 2. The smallest absolute Gasteiger partial charge is 0.313 e. The number of pyridine rings is 1. The second-order valence-electron chi connectivity index (χ2n) is 3.90. The number of nitrogens with zero attached hydrogens (tertiary/aromatic N) is 1. The zero-order chi connectivity index (χ0) is 12.8.